The van der Waals surface area contributed by atoms with Crippen molar-refractivity contribution in [1.29, 1.82) is 0 Å². The monoisotopic (exact) mass is 403 g/mol. The molecule has 1 atom stereocenters. The highest BCUT2D eigenvalue weighted by Gasteiger charge is 2.22. The number of halogens is 2. The van der Waals surface area contributed by atoms with E-state index in [1.54, 1.807) is 11.3 Å². The van der Waals surface area contributed by atoms with Gasteiger partial charge in [0, 0.05) is 19.0 Å². The summed E-state index contributed by atoms with van der Waals surface area (Å²) in [4.78, 5) is 20.0. The van der Waals surface area contributed by atoms with E-state index in [4.69, 9.17) is 0 Å². The highest BCUT2D eigenvalue weighted by molar-refractivity contribution is 7.15. The Balaban J connectivity index is 0.00000288. The van der Waals surface area contributed by atoms with Gasteiger partial charge in [-0.15, -0.1) is 36.2 Å². The van der Waals surface area contributed by atoms with Gasteiger partial charge >= 0.3 is 0 Å². The Labute approximate surface area is 166 Å². The zero-order valence-electron chi connectivity index (χ0n) is 15.1. The minimum Gasteiger partial charge on any atom is -0.338 e. The largest absolute Gasteiger partial charge is 0.338 e. The van der Waals surface area contributed by atoms with Crippen LogP contribution in [0.4, 0.5) is 0 Å². The van der Waals surface area contributed by atoms with Gasteiger partial charge in [-0.25, -0.2) is 4.98 Å². The predicted octanol–water partition coefficient (Wildman–Crippen LogP) is 4.48. The summed E-state index contributed by atoms with van der Waals surface area (Å²) in [5.74, 6) is 0.182. The minimum absolute atomic E-state index is 0. The third kappa shape index (κ3) is 6.26. The molecule has 1 aromatic heterocycles. The van der Waals surface area contributed by atoms with E-state index in [2.05, 4.69) is 29.4 Å². The Morgan fingerprint density at radius 2 is 1.92 bits per heavy atom. The zero-order chi connectivity index (χ0) is 16.8. The van der Waals surface area contributed by atoms with Gasteiger partial charge in [0.2, 0.25) is 5.91 Å². The van der Waals surface area contributed by atoms with Crippen LogP contribution in [0.25, 0.3) is 10.6 Å². The van der Waals surface area contributed by atoms with Crippen molar-refractivity contribution < 1.29 is 4.79 Å². The van der Waals surface area contributed by atoms with E-state index in [0.717, 1.165) is 34.1 Å². The Morgan fingerprint density at radius 1 is 1.28 bits per heavy atom. The Morgan fingerprint density at radius 3 is 2.52 bits per heavy atom. The molecule has 1 aromatic carbocycles. The molecule has 0 aliphatic heterocycles. The van der Waals surface area contributed by atoms with Crippen molar-refractivity contribution in [1.82, 2.24) is 15.2 Å². The summed E-state index contributed by atoms with van der Waals surface area (Å²) in [6.07, 6.45) is 1.44. The van der Waals surface area contributed by atoms with E-state index in [1.807, 2.05) is 44.1 Å². The quantitative estimate of drug-likeness (QED) is 0.692. The number of hydrogen-bond acceptors (Lipinski definition) is 4. The van der Waals surface area contributed by atoms with E-state index in [9.17, 15) is 4.79 Å². The van der Waals surface area contributed by atoms with Crippen LogP contribution in [0.15, 0.2) is 30.3 Å². The number of aryl methyl sites for hydroxylation is 1. The van der Waals surface area contributed by atoms with Gasteiger partial charge in [0.05, 0.1) is 16.6 Å². The third-order valence-corrected chi connectivity index (χ3v) is 5.40. The number of rotatable bonds is 7. The highest BCUT2D eigenvalue weighted by atomic mass is 35.5. The van der Waals surface area contributed by atoms with Crippen molar-refractivity contribution in [3.63, 3.8) is 0 Å². The van der Waals surface area contributed by atoms with Gasteiger partial charge in [-0.2, -0.15) is 0 Å². The van der Waals surface area contributed by atoms with E-state index in [-0.39, 0.29) is 36.8 Å². The second-order valence-corrected chi connectivity index (χ2v) is 6.75. The van der Waals surface area contributed by atoms with Gasteiger partial charge in [0.15, 0.2) is 0 Å². The van der Waals surface area contributed by atoms with Gasteiger partial charge in [-0.05, 0) is 33.9 Å². The molecule has 0 aliphatic carbocycles. The Hall–Kier alpha value is -1.14. The molecule has 0 saturated carbocycles. The second kappa shape index (κ2) is 11.5. The molecule has 1 heterocycles. The van der Waals surface area contributed by atoms with Crippen LogP contribution in [-0.2, 0) is 4.79 Å². The molecule has 25 heavy (non-hydrogen) atoms. The first kappa shape index (κ1) is 23.9. The van der Waals surface area contributed by atoms with Crippen molar-refractivity contribution in [2.75, 3.05) is 20.6 Å². The van der Waals surface area contributed by atoms with Crippen LogP contribution >= 0.6 is 36.2 Å². The number of thiazole rings is 1. The van der Waals surface area contributed by atoms with Crippen LogP contribution < -0.4 is 5.32 Å². The normalized spacial score (nSPS) is 11.2. The number of nitrogens with one attached hydrogen (secondary N) is 1. The van der Waals surface area contributed by atoms with Crippen LogP contribution in [0.1, 0.15) is 36.4 Å². The summed E-state index contributed by atoms with van der Waals surface area (Å²) in [6, 6.07) is 10.2. The standard InChI is InChI=1S/C18H25N3OS.2ClH/c1-13-17(14(2)21(4)16(22)11-8-12-19-3)23-18(20-13)15-9-6-5-7-10-15;;/h5-7,9-10,14,19H,8,11-12H2,1-4H3;2*1H. The average Bonchev–Trinajstić information content (AvgIpc) is 2.96. The van der Waals surface area contributed by atoms with Crippen molar-refractivity contribution >= 4 is 42.1 Å². The van der Waals surface area contributed by atoms with E-state index >= 15 is 0 Å². The molecule has 2 aromatic rings. The molecular formula is C18H27Cl2N3OS. The molecule has 0 fully saturated rings. The summed E-state index contributed by atoms with van der Waals surface area (Å²) in [7, 11) is 3.79. The molecular weight excluding hydrogens is 377 g/mol. The van der Waals surface area contributed by atoms with E-state index in [0.29, 0.717) is 6.42 Å². The summed E-state index contributed by atoms with van der Waals surface area (Å²) in [5, 5.41) is 4.09. The van der Waals surface area contributed by atoms with Crippen LogP contribution in [0.3, 0.4) is 0 Å². The molecule has 7 heteroatoms. The molecule has 0 radical (unpaired) electrons. The Bertz CT molecular complexity index is 649. The van der Waals surface area contributed by atoms with Crippen LogP contribution in [0.5, 0.6) is 0 Å². The lowest BCUT2D eigenvalue weighted by Gasteiger charge is -2.24. The van der Waals surface area contributed by atoms with Gasteiger partial charge < -0.3 is 10.2 Å². The molecule has 0 bridgehead atoms. The number of carbonyl (C=O) groups is 1. The molecule has 1 amide bonds. The molecule has 2 rings (SSSR count). The first-order valence-corrected chi connectivity index (χ1v) is 8.79. The first-order chi connectivity index (χ1) is 11.0. The lowest BCUT2D eigenvalue weighted by molar-refractivity contribution is -0.131. The SMILES string of the molecule is CNCCCC(=O)N(C)C(C)c1sc(-c2ccccc2)nc1C.Cl.Cl. The smallest absolute Gasteiger partial charge is 0.222 e. The zero-order valence-corrected chi connectivity index (χ0v) is 17.6. The maximum atomic E-state index is 12.3. The highest BCUT2D eigenvalue weighted by Crippen LogP contribution is 2.33. The first-order valence-electron chi connectivity index (χ1n) is 7.97. The average molecular weight is 404 g/mol. The summed E-state index contributed by atoms with van der Waals surface area (Å²) in [6.45, 7) is 4.96. The Kier molecular flexibility index (Phi) is 10.9. The van der Waals surface area contributed by atoms with Gasteiger partial charge in [-0.3, -0.25) is 4.79 Å². The van der Waals surface area contributed by atoms with Crippen LogP contribution in [-0.4, -0.2) is 36.4 Å². The number of aromatic nitrogens is 1. The maximum absolute atomic E-state index is 12.3. The van der Waals surface area contributed by atoms with Gasteiger partial charge in [-0.1, -0.05) is 30.3 Å². The van der Waals surface area contributed by atoms with Crippen molar-refractivity contribution in [2.24, 2.45) is 0 Å². The molecule has 0 spiro atoms. The van der Waals surface area contributed by atoms with Gasteiger partial charge in [0.1, 0.15) is 5.01 Å². The summed E-state index contributed by atoms with van der Waals surface area (Å²) in [5.41, 5.74) is 2.14. The summed E-state index contributed by atoms with van der Waals surface area (Å²) < 4.78 is 0. The topological polar surface area (TPSA) is 45.2 Å². The second-order valence-electron chi connectivity index (χ2n) is 5.72. The summed E-state index contributed by atoms with van der Waals surface area (Å²) >= 11 is 1.68. The molecule has 0 aliphatic rings. The number of carbonyl (C=O) groups excluding carboxylic acids is 1. The fraction of sp³-hybridized carbons (Fsp3) is 0.444. The lowest BCUT2D eigenvalue weighted by atomic mass is 10.2. The fourth-order valence-electron chi connectivity index (χ4n) is 2.48. The molecule has 1 unspecified atom stereocenters. The third-order valence-electron chi connectivity index (χ3n) is 4.02. The van der Waals surface area contributed by atoms with Crippen LogP contribution in [0, 0.1) is 6.92 Å². The van der Waals surface area contributed by atoms with E-state index < -0.39 is 0 Å². The van der Waals surface area contributed by atoms with Crippen molar-refractivity contribution in [2.45, 2.75) is 32.7 Å². The number of benzene rings is 1. The van der Waals surface area contributed by atoms with E-state index in [1.165, 1.54) is 0 Å². The maximum Gasteiger partial charge on any atom is 0.222 e. The number of hydrogen-bond donors (Lipinski definition) is 1. The predicted molar refractivity (Wildman–Crippen MR) is 111 cm³/mol. The molecule has 0 saturated heterocycles. The molecule has 1 N–H and O–H groups in total. The number of nitrogens with zero attached hydrogens (tertiary/aromatic N) is 2. The van der Waals surface area contributed by atoms with Gasteiger partial charge in [0.25, 0.3) is 0 Å². The molecule has 140 valence electrons. The fourth-order valence-corrected chi connectivity index (χ4v) is 3.65. The number of amides is 1. The molecule has 4 nitrogen and oxygen atoms in total. The van der Waals surface area contributed by atoms with Crippen LogP contribution in [0.2, 0.25) is 0 Å². The lowest BCUT2D eigenvalue weighted by Crippen LogP contribution is -2.29. The van der Waals surface area contributed by atoms with Crippen molar-refractivity contribution in [3.05, 3.63) is 40.9 Å². The van der Waals surface area contributed by atoms with Crippen molar-refractivity contribution in [3.8, 4) is 10.6 Å². The minimum atomic E-state index is 0.